The van der Waals surface area contributed by atoms with Crippen molar-refractivity contribution in [1.82, 2.24) is 0 Å². The highest BCUT2D eigenvalue weighted by Gasteiger charge is 2.14. The molecule has 1 amide bonds. The number of hydrogen-bond donors (Lipinski definition) is 1. The van der Waals surface area contributed by atoms with Gasteiger partial charge in [0.2, 0.25) is 0 Å². The summed E-state index contributed by atoms with van der Waals surface area (Å²) in [6.45, 7) is 0. The van der Waals surface area contributed by atoms with E-state index in [1.54, 1.807) is 11.8 Å². The summed E-state index contributed by atoms with van der Waals surface area (Å²) in [6, 6.07) is 11.8. The zero-order valence-corrected chi connectivity index (χ0v) is 14.7. The summed E-state index contributed by atoms with van der Waals surface area (Å²) in [6.07, 6.45) is 2.03. The van der Waals surface area contributed by atoms with E-state index in [0.29, 0.717) is 14.8 Å². The van der Waals surface area contributed by atoms with Gasteiger partial charge in [-0.15, -0.1) is 0 Å². The summed E-state index contributed by atoms with van der Waals surface area (Å²) in [4.78, 5) is 22.5. The van der Waals surface area contributed by atoms with E-state index in [9.17, 15) is 14.9 Å². The summed E-state index contributed by atoms with van der Waals surface area (Å²) in [5.74, 6) is 0.644. The average molecular weight is 428 g/mol. The van der Waals surface area contributed by atoms with E-state index < -0.39 is 4.92 Å². The minimum atomic E-state index is -0.478. The zero-order valence-electron chi connectivity index (χ0n) is 11.7. The van der Waals surface area contributed by atoms with Crippen LogP contribution in [0.25, 0.3) is 0 Å². The fourth-order valence-electron chi connectivity index (χ4n) is 1.85. The standard InChI is InChI=1S/C15H13IN2O3S/c1-22-9-10-2-4-11(5-3-10)17-15(19)13-7-6-12(18(20)21)8-14(13)16/h2-8H,9H2,1H3,(H,17,19). The van der Waals surface area contributed by atoms with Gasteiger partial charge in [-0.25, -0.2) is 0 Å². The van der Waals surface area contributed by atoms with Crippen LogP contribution in [0.3, 0.4) is 0 Å². The van der Waals surface area contributed by atoms with Gasteiger partial charge in [-0.3, -0.25) is 14.9 Å². The van der Waals surface area contributed by atoms with Crippen molar-refractivity contribution in [1.29, 1.82) is 0 Å². The number of rotatable bonds is 5. The van der Waals surface area contributed by atoms with Gasteiger partial charge in [-0.05, 0) is 52.6 Å². The lowest BCUT2D eigenvalue weighted by atomic mass is 10.2. The normalized spacial score (nSPS) is 10.3. The lowest BCUT2D eigenvalue weighted by Crippen LogP contribution is -2.13. The minimum Gasteiger partial charge on any atom is -0.322 e. The van der Waals surface area contributed by atoms with Gasteiger partial charge in [0.15, 0.2) is 0 Å². The highest BCUT2D eigenvalue weighted by Crippen LogP contribution is 2.21. The predicted octanol–water partition coefficient (Wildman–Crippen LogP) is 4.31. The lowest BCUT2D eigenvalue weighted by molar-refractivity contribution is -0.384. The molecule has 0 unspecified atom stereocenters. The van der Waals surface area contributed by atoms with Gasteiger partial charge in [0.1, 0.15) is 0 Å². The Morgan fingerprint density at radius 2 is 1.95 bits per heavy atom. The van der Waals surface area contributed by atoms with Gasteiger partial charge in [-0.1, -0.05) is 12.1 Å². The summed E-state index contributed by atoms with van der Waals surface area (Å²) in [5, 5.41) is 13.5. The quantitative estimate of drug-likeness (QED) is 0.438. The van der Waals surface area contributed by atoms with Crippen LogP contribution in [-0.2, 0) is 5.75 Å². The number of hydrogen-bond acceptors (Lipinski definition) is 4. The maximum Gasteiger partial charge on any atom is 0.270 e. The van der Waals surface area contributed by atoms with Crippen LogP contribution in [0.4, 0.5) is 11.4 Å². The maximum atomic E-state index is 12.2. The number of nitrogens with one attached hydrogen (secondary N) is 1. The number of benzene rings is 2. The Balaban J connectivity index is 2.13. The largest absolute Gasteiger partial charge is 0.322 e. The van der Waals surface area contributed by atoms with E-state index in [2.05, 4.69) is 5.32 Å². The molecule has 114 valence electrons. The molecule has 0 atom stereocenters. The van der Waals surface area contributed by atoms with Crippen molar-refractivity contribution in [2.24, 2.45) is 0 Å². The molecule has 0 radical (unpaired) electrons. The summed E-state index contributed by atoms with van der Waals surface area (Å²) >= 11 is 3.66. The number of thioether (sulfide) groups is 1. The van der Waals surface area contributed by atoms with E-state index in [4.69, 9.17) is 0 Å². The molecule has 0 aliphatic heterocycles. The molecule has 5 nitrogen and oxygen atoms in total. The van der Waals surface area contributed by atoms with E-state index in [1.165, 1.54) is 23.8 Å². The number of nitrogens with zero attached hydrogens (tertiary/aromatic N) is 1. The molecule has 0 spiro atoms. The second kappa shape index (κ2) is 7.59. The predicted molar refractivity (Wildman–Crippen MR) is 97.4 cm³/mol. The molecule has 7 heteroatoms. The van der Waals surface area contributed by atoms with Crippen LogP contribution in [-0.4, -0.2) is 17.1 Å². The Morgan fingerprint density at radius 3 is 2.50 bits per heavy atom. The molecule has 2 aromatic carbocycles. The molecule has 0 aromatic heterocycles. The molecule has 0 bridgehead atoms. The van der Waals surface area contributed by atoms with E-state index >= 15 is 0 Å². The van der Waals surface area contributed by atoms with Crippen molar-refractivity contribution in [3.05, 3.63) is 67.3 Å². The first-order chi connectivity index (χ1) is 10.5. The fraction of sp³-hybridized carbons (Fsp3) is 0.133. The third-order valence-corrected chi connectivity index (χ3v) is 4.45. The molecule has 0 saturated carbocycles. The molecule has 1 N–H and O–H groups in total. The fourth-order valence-corrected chi connectivity index (χ4v) is 3.12. The minimum absolute atomic E-state index is 0.0256. The third kappa shape index (κ3) is 4.20. The SMILES string of the molecule is CSCc1ccc(NC(=O)c2ccc([N+](=O)[O-])cc2I)cc1. The lowest BCUT2D eigenvalue weighted by Gasteiger charge is -2.08. The number of carbonyl (C=O) groups is 1. The molecule has 0 saturated heterocycles. The molecule has 2 rings (SSSR count). The van der Waals surface area contributed by atoms with Crippen LogP contribution in [0.2, 0.25) is 0 Å². The van der Waals surface area contributed by atoms with Gasteiger partial charge in [-0.2, -0.15) is 11.8 Å². The monoisotopic (exact) mass is 428 g/mol. The van der Waals surface area contributed by atoms with E-state index in [0.717, 1.165) is 5.75 Å². The summed E-state index contributed by atoms with van der Waals surface area (Å²) in [5.41, 5.74) is 2.28. The van der Waals surface area contributed by atoms with Crippen molar-refractivity contribution < 1.29 is 9.72 Å². The molecular weight excluding hydrogens is 415 g/mol. The van der Waals surface area contributed by atoms with Crippen molar-refractivity contribution in [3.63, 3.8) is 0 Å². The highest BCUT2D eigenvalue weighted by molar-refractivity contribution is 14.1. The molecule has 2 aromatic rings. The second-order valence-corrected chi connectivity index (χ2v) is 6.53. The van der Waals surface area contributed by atoms with Crippen LogP contribution in [0.1, 0.15) is 15.9 Å². The van der Waals surface area contributed by atoms with Crippen molar-refractivity contribution in [2.45, 2.75) is 5.75 Å². The van der Waals surface area contributed by atoms with Crippen LogP contribution in [0.15, 0.2) is 42.5 Å². The Bertz CT molecular complexity index is 704. The number of carbonyl (C=O) groups excluding carboxylic acids is 1. The first-order valence-electron chi connectivity index (χ1n) is 6.34. The summed E-state index contributed by atoms with van der Waals surface area (Å²) in [7, 11) is 0. The molecular formula is C15H13IN2O3S. The molecule has 0 aliphatic carbocycles. The Labute approximate surface area is 145 Å². The topological polar surface area (TPSA) is 72.2 Å². The Morgan fingerprint density at radius 1 is 1.27 bits per heavy atom. The number of non-ortho nitro benzene ring substituents is 1. The molecule has 0 heterocycles. The van der Waals surface area contributed by atoms with Crippen LogP contribution < -0.4 is 5.32 Å². The maximum absolute atomic E-state index is 12.2. The van der Waals surface area contributed by atoms with Gasteiger partial charge in [0.05, 0.1) is 10.5 Å². The van der Waals surface area contributed by atoms with Gasteiger partial charge >= 0.3 is 0 Å². The van der Waals surface area contributed by atoms with Crippen molar-refractivity contribution in [2.75, 3.05) is 11.6 Å². The van der Waals surface area contributed by atoms with Crippen LogP contribution in [0, 0.1) is 13.7 Å². The average Bonchev–Trinajstić information content (AvgIpc) is 2.49. The first-order valence-corrected chi connectivity index (χ1v) is 8.81. The number of nitro groups is 1. The summed E-state index contributed by atoms with van der Waals surface area (Å²) < 4.78 is 0.545. The third-order valence-electron chi connectivity index (χ3n) is 2.93. The first kappa shape index (κ1) is 16.8. The van der Waals surface area contributed by atoms with Gasteiger partial charge in [0, 0.05) is 27.1 Å². The van der Waals surface area contributed by atoms with Crippen LogP contribution >= 0.6 is 34.4 Å². The zero-order chi connectivity index (χ0) is 16.1. The Hall–Kier alpha value is -1.61. The number of halogens is 1. The van der Waals surface area contributed by atoms with Gasteiger partial charge in [0.25, 0.3) is 11.6 Å². The second-order valence-electron chi connectivity index (χ2n) is 4.51. The number of nitro benzene ring substituents is 1. The molecule has 0 fully saturated rings. The number of amides is 1. The van der Waals surface area contributed by atoms with Crippen LogP contribution in [0.5, 0.6) is 0 Å². The van der Waals surface area contributed by atoms with Gasteiger partial charge < -0.3 is 5.32 Å². The molecule has 0 aliphatic rings. The van der Waals surface area contributed by atoms with Crippen molar-refractivity contribution in [3.8, 4) is 0 Å². The number of anilines is 1. The van der Waals surface area contributed by atoms with E-state index in [-0.39, 0.29) is 11.6 Å². The smallest absolute Gasteiger partial charge is 0.270 e. The molecule has 22 heavy (non-hydrogen) atoms. The Kier molecular flexibility index (Phi) is 5.78. The highest BCUT2D eigenvalue weighted by atomic mass is 127. The van der Waals surface area contributed by atoms with E-state index in [1.807, 2.05) is 53.1 Å². The van der Waals surface area contributed by atoms with Crippen molar-refractivity contribution >= 4 is 51.6 Å².